The molecule has 12 heavy (non-hydrogen) atoms. The Labute approximate surface area is 76.6 Å². The van der Waals surface area contributed by atoms with Crippen molar-refractivity contribution in [1.29, 1.82) is 0 Å². The molecule has 0 fully saturated rings. The van der Waals surface area contributed by atoms with E-state index in [2.05, 4.69) is 4.98 Å². The molecule has 1 aromatic rings. The highest BCUT2D eigenvalue weighted by Crippen LogP contribution is 2.23. The minimum absolute atomic E-state index is 0.161. The van der Waals surface area contributed by atoms with Crippen molar-refractivity contribution in [2.75, 3.05) is 0 Å². The van der Waals surface area contributed by atoms with E-state index in [1.54, 1.807) is 6.07 Å². The smallest absolute Gasteiger partial charge is 0.214 e. The first kappa shape index (κ1) is 9.46. The van der Waals surface area contributed by atoms with Crippen molar-refractivity contribution in [3.63, 3.8) is 0 Å². The lowest BCUT2D eigenvalue weighted by Gasteiger charge is -2.17. The summed E-state index contributed by atoms with van der Waals surface area (Å²) in [6.45, 7) is 5.89. The Hall–Kier alpha value is -0.630. The van der Waals surface area contributed by atoms with Gasteiger partial charge >= 0.3 is 0 Å². The zero-order valence-corrected chi connectivity index (χ0v) is 8.11. The molecule has 0 bridgehead atoms. The number of halogens is 2. The van der Waals surface area contributed by atoms with Gasteiger partial charge in [0.1, 0.15) is 0 Å². The molecule has 0 aromatic carbocycles. The van der Waals surface area contributed by atoms with Gasteiger partial charge < -0.3 is 0 Å². The van der Waals surface area contributed by atoms with E-state index in [-0.39, 0.29) is 5.41 Å². The van der Waals surface area contributed by atoms with E-state index in [1.807, 2.05) is 20.8 Å². The Bertz CT molecular complexity index is 271. The molecule has 66 valence electrons. The van der Waals surface area contributed by atoms with E-state index >= 15 is 0 Å². The van der Waals surface area contributed by atoms with Gasteiger partial charge in [0.15, 0.2) is 0 Å². The van der Waals surface area contributed by atoms with E-state index in [0.29, 0.717) is 10.7 Å². The van der Waals surface area contributed by atoms with Crippen LogP contribution in [0.4, 0.5) is 4.39 Å². The van der Waals surface area contributed by atoms with Gasteiger partial charge in [-0.1, -0.05) is 32.4 Å². The van der Waals surface area contributed by atoms with E-state index in [0.717, 1.165) is 0 Å². The fourth-order valence-electron chi connectivity index (χ4n) is 0.850. The molecule has 0 atom stereocenters. The first-order valence-electron chi connectivity index (χ1n) is 3.73. The molecule has 0 N–H and O–H groups in total. The number of rotatable bonds is 0. The van der Waals surface area contributed by atoms with Gasteiger partial charge in [-0.05, 0) is 6.07 Å². The van der Waals surface area contributed by atoms with Crippen LogP contribution in [0.5, 0.6) is 0 Å². The molecule has 0 amide bonds. The summed E-state index contributed by atoms with van der Waals surface area (Å²) in [5.74, 6) is -0.521. The second kappa shape index (κ2) is 3.02. The highest BCUT2D eigenvalue weighted by atomic mass is 35.5. The normalized spacial score (nSPS) is 11.8. The Kier molecular flexibility index (Phi) is 2.38. The third-order valence-corrected chi connectivity index (χ3v) is 1.75. The summed E-state index contributed by atoms with van der Waals surface area (Å²) in [6, 6.07) is 2.89. The summed E-state index contributed by atoms with van der Waals surface area (Å²) in [7, 11) is 0. The van der Waals surface area contributed by atoms with Gasteiger partial charge in [0, 0.05) is 16.5 Å². The summed E-state index contributed by atoms with van der Waals surface area (Å²) in [6.07, 6.45) is 0. The van der Waals surface area contributed by atoms with Gasteiger partial charge in [0.05, 0.1) is 5.69 Å². The lowest BCUT2D eigenvalue weighted by Crippen LogP contribution is -2.14. The molecule has 0 aliphatic rings. The quantitative estimate of drug-likeness (QED) is 0.569. The highest BCUT2D eigenvalue weighted by molar-refractivity contribution is 6.30. The number of nitrogens with zero attached hydrogens (tertiary/aromatic N) is 1. The standard InChI is InChI=1S/C9H11ClFN/c1-9(2,3)7-4-6(10)5-8(11)12-7/h4-5H,1-3H3. The largest absolute Gasteiger partial charge is 0.224 e. The van der Waals surface area contributed by atoms with Crippen LogP contribution in [0.15, 0.2) is 12.1 Å². The van der Waals surface area contributed by atoms with Gasteiger partial charge in [-0.2, -0.15) is 4.39 Å². The van der Waals surface area contributed by atoms with Crippen molar-refractivity contribution in [3.05, 3.63) is 28.8 Å². The van der Waals surface area contributed by atoms with Crippen molar-refractivity contribution >= 4 is 11.6 Å². The van der Waals surface area contributed by atoms with Crippen molar-refractivity contribution in [2.24, 2.45) is 0 Å². The monoisotopic (exact) mass is 187 g/mol. The van der Waals surface area contributed by atoms with Crippen molar-refractivity contribution in [2.45, 2.75) is 26.2 Å². The van der Waals surface area contributed by atoms with Crippen LogP contribution in [0, 0.1) is 5.95 Å². The number of hydrogen-bond donors (Lipinski definition) is 0. The van der Waals surface area contributed by atoms with Crippen molar-refractivity contribution in [1.82, 2.24) is 4.98 Å². The van der Waals surface area contributed by atoms with Gasteiger partial charge in [0.2, 0.25) is 5.95 Å². The first-order chi connectivity index (χ1) is 5.39. The third-order valence-electron chi connectivity index (χ3n) is 1.53. The average Bonchev–Trinajstić information content (AvgIpc) is 1.82. The molecular weight excluding hydrogens is 177 g/mol. The molecule has 0 saturated heterocycles. The topological polar surface area (TPSA) is 12.9 Å². The SMILES string of the molecule is CC(C)(C)c1cc(Cl)cc(F)n1. The molecule has 1 aromatic heterocycles. The minimum atomic E-state index is -0.521. The molecule has 1 nitrogen and oxygen atoms in total. The molecule has 0 spiro atoms. The Morgan fingerprint density at radius 2 is 1.92 bits per heavy atom. The van der Waals surface area contributed by atoms with Gasteiger partial charge in [-0.3, -0.25) is 0 Å². The van der Waals surface area contributed by atoms with Crippen LogP contribution in [0.3, 0.4) is 0 Å². The minimum Gasteiger partial charge on any atom is -0.224 e. The second-order valence-electron chi connectivity index (χ2n) is 3.74. The summed E-state index contributed by atoms with van der Waals surface area (Å²) >= 11 is 5.68. The number of hydrogen-bond acceptors (Lipinski definition) is 1. The fraction of sp³-hybridized carbons (Fsp3) is 0.444. The van der Waals surface area contributed by atoms with E-state index in [1.165, 1.54) is 6.07 Å². The predicted molar refractivity (Wildman–Crippen MR) is 47.9 cm³/mol. The van der Waals surface area contributed by atoms with Crippen molar-refractivity contribution in [3.8, 4) is 0 Å². The van der Waals surface area contributed by atoms with Gasteiger partial charge in [-0.25, -0.2) is 4.98 Å². The number of aromatic nitrogens is 1. The van der Waals surface area contributed by atoms with E-state index in [4.69, 9.17) is 11.6 Å². The Morgan fingerprint density at radius 3 is 2.33 bits per heavy atom. The summed E-state index contributed by atoms with van der Waals surface area (Å²) in [4.78, 5) is 3.75. The molecule has 0 saturated carbocycles. The molecule has 1 rings (SSSR count). The van der Waals surface area contributed by atoms with E-state index in [9.17, 15) is 4.39 Å². The fourth-order valence-corrected chi connectivity index (χ4v) is 1.04. The maximum absolute atomic E-state index is 12.8. The van der Waals surface area contributed by atoms with Crippen LogP contribution >= 0.6 is 11.6 Å². The zero-order valence-electron chi connectivity index (χ0n) is 7.36. The van der Waals surface area contributed by atoms with Crippen molar-refractivity contribution < 1.29 is 4.39 Å². The second-order valence-corrected chi connectivity index (χ2v) is 4.18. The maximum Gasteiger partial charge on any atom is 0.214 e. The van der Waals surface area contributed by atoms with Crippen LogP contribution < -0.4 is 0 Å². The van der Waals surface area contributed by atoms with Crippen LogP contribution in [0.1, 0.15) is 26.5 Å². The lowest BCUT2D eigenvalue weighted by molar-refractivity contribution is 0.523. The summed E-state index contributed by atoms with van der Waals surface area (Å²) < 4.78 is 12.8. The lowest BCUT2D eigenvalue weighted by atomic mass is 9.92. The molecule has 3 heteroatoms. The van der Waals surface area contributed by atoms with Gasteiger partial charge in [0.25, 0.3) is 0 Å². The molecular formula is C9H11ClFN. The number of pyridine rings is 1. The zero-order chi connectivity index (χ0) is 9.35. The third kappa shape index (κ3) is 2.18. The van der Waals surface area contributed by atoms with Crippen LogP contribution in [0.2, 0.25) is 5.02 Å². The van der Waals surface area contributed by atoms with E-state index < -0.39 is 5.95 Å². The average molecular weight is 188 g/mol. The molecule has 0 unspecified atom stereocenters. The van der Waals surface area contributed by atoms with Crippen LogP contribution in [-0.4, -0.2) is 4.98 Å². The molecule has 0 aliphatic heterocycles. The summed E-state index contributed by atoms with van der Waals surface area (Å²) in [5, 5.41) is 0.396. The predicted octanol–water partition coefficient (Wildman–Crippen LogP) is 3.17. The highest BCUT2D eigenvalue weighted by Gasteiger charge is 2.16. The first-order valence-corrected chi connectivity index (χ1v) is 4.11. The Morgan fingerprint density at radius 1 is 1.33 bits per heavy atom. The van der Waals surface area contributed by atoms with Gasteiger partial charge in [-0.15, -0.1) is 0 Å². The summed E-state index contributed by atoms with van der Waals surface area (Å²) in [5.41, 5.74) is 0.513. The van der Waals surface area contributed by atoms with Crippen LogP contribution in [0.25, 0.3) is 0 Å². The Balaban J connectivity index is 3.18. The molecule has 0 radical (unpaired) electrons. The van der Waals surface area contributed by atoms with Crippen LogP contribution in [-0.2, 0) is 5.41 Å². The molecule has 1 heterocycles. The maximum atomic E-state index is 12.8. The molecule has 0 aliphatic carbocycles.